The number of aryl methyl sites for hydroxylation is 1. The van der Waals surface area contributed by atoms with Crippen LogP contribution in [0.5, 0.6) is 0 Å². The quantitative estimate of drug-likeness (QED) is 0.553. The lowest BCUT2D eigenvalue weighted by Crippen LogP contribution is -2.44. The van der Waals surface area contributed by atoms with Crippen molar-refractivity contribution >= 4 is 0 Å². The second-order valence-corrected chi connectivity index (χ2v) is 9.51. The molecule has 3 aromatic rings. The molecule has 7 heteroatoms. The van der Waals surface area contributed by atoms with Gasteiger partial charge in [-0.15, -0.1) is 0 Å². The Labute approximate surface area is 198 Å². The lowest BCUT2D eigenvalue weighted by molar-refractivity contribution is -0.168. The van der Waals surface area contributed by atoms with Gasteiger partial charge in [0, 0.05) is 17.7 Å². The van der Waals surface area contributed by atoms with Gasteiger partial charge in [0.15, 0.2) is 0 Å². The van der Waals surface area contributed by atoms with Crippen LogP contribution >= 0.6 is 0 Å². The van der Waals surface area contributed by atoms with Gasteiger partial charge in [0.1, 0.15) is 11.8 Å². The van der Waals surface area contributed by atoms with Crippen molar-refractivity contribution in [2.24, 2.45) is 11.8 Å². The Balaban J connectivity index is 1.43. The summed E-state index contributed by atoms with van der Waals surface area (Å²) in [5, 5.41) is 0. The Hall–Kier alpha value is -3.00. The first-order valence-electron chi connectivity index (χ1n) is 11.7. The normalized spacial score (nSPS) is 27.8. The summed E-state index contributed by atoms with van der Waals surface area (Å²) in [6.07, 6.45) is 1.58. The minimum atomic E-state index is -0.679. The Morgan fingerprint density at radius 2 is 1.68 bits per heavy atom. The highest BCUT2D eigenvalue weighted by Crippen LogP contribution is 2.56. The number of hydrogen-bond donors (Lipinski definition) is 1. The van der Waals surface area contributed by atoms with Gasteiger partial charge in [-0.25, -0.2) is 4.79 Å². The summed E-state index contributed by atoms with van der Waals surface area (Å²) in [6, 6.07) is 20.1. The third-order valence-electron chi connectivity index (χ3n) is 7.03. The van der Waals surface area contributed by atoms with Gasteiger partial charge in [0.05, 0.1) is 25.9 Å². The molecule has 0 spiro atoms. The second-order valence-electron chi connectivity index (χ2n) is 9.51. The number of benzene rings is 2. The number of hydrogen-bond acceptors (Lipinski definition) is 5. The van der Waals surface area contributed by atoms with E-state index in [2.05, 4.69) is 11.9 Å². The van der Waals surface area contributed by atoms with Gasteiger partial charge >= 0.3 is 5.69 Å². The molecule has 34 heavy (non-hydrogen) atoms. The molecule has 1 saturated heterocycles. The van der Waals surface area contributed by atoms with Crippen LogP contribution in [-0.2, 0) is 27.4 Å². The van der Waals surface area contributed by atoms with Crippen molar-refractivity contribution in [3.8, 4) is 0 Å². The molecule has 1 saturated carbocycles. The van der Waals surface area contributed by atoms with Crippen LogP contribution in [0.15, 0.2) is 76.4 Å². The van der Waals surface area contributed by atoms with Gasteiger partial charge in [-0.3, -0.25) is 14.3 Å². The van der Waals surface area contributed by atoms with Crippen molar-refractivity contribution in [1.29, 1.82) is 0 Å². The molecule has 0 unspecified atom stereocenters. The molecule has 5 rings (SSSR count). The maximum atomic E-state index is 12.7. The predicted octanol–water partition coefficient (Wildman–Crippen LogP) is 3.57. The number of fused-ring (bicyclic) bond motifs is 2. The summed E-state index contributed by atoms with van der Waals surface area (Å²) in [5.41, 5.74) is 1.11. The summed E-state index contributed by atoms with van der Waals surface area (Å²) in [6.45, 7) is 5.13. The molecular weight excluding hydrogens is 432 g/mol. The van der Waals surface area contributed by atoms with Crippen molar-refractivity contribution in [1.82, 2.24) is 9.55 Å². The minimum Gasteiger partial charge on any atom is -0.374 e. The molecule has 0 amide bonds. The molecule has 0 radical (unpaired) electrons. The Morgan fingerprint density at radius 1 is 1.03 bits per heavy atom. The van der Waals surface area contributed by atoms with E-state index in [1.165, 1.54) is 4.57 Å². The molecule has 2 heterocycles. The molecule has 2 bridgehead atoms. The van der Waals surface area contributed by atoms with Gasteiger partial charge in [0.25, 0.3) is 5.56 Å². The molecule has 2 aliphatic rings. The third kappa shape index (κ3) is 4.27. The number of nitrogens with zero attached hydrogens (tertiary/aromatic N) is 1. The summed E-state index contributed by atoms with van der Waals surface area (Å²) in [7, 11) is 0. The SMILES string of the molecule is Cc1cn([C@@H]2O[C@]3(COCc4ccccc4)C[C@@H](C)[C@H]2[C@@H]3OCc2ccccc2)c(=O)[nH]c1=O. The Morgan fingerprint density at radius 3 is 2.35 bits per heavy atom. The average molecular weight is 463 g/mol. The zero-order chi connectivity index (χ0) is 23.7. The van der Waals surface area contributed by atoms with Crippen LogP contribution in [0, 0.1) is 18.8 Å². The van der Waals surface area contributed by atoms with Gasteiger partial charge in [-0.1, -0.05) is 67.6 Å². The van der Waals surface area contributed by atoms with Gasteiger partial charge in [-0.05, 0) is 30.4 Å². The van der Waals surface area contributed by atoms with Crippen LogP contribution in [0.25, 0.3) is 0 Å². The van der Waals surface area contributed by atoms with Gasteiger partial charge in [-0.2, -0.15) is 0 Å². The first kappa shape index (κ1) is 22.8. The predicted molar refractivity (Wildman–Crippen MR) is 127 cm³/mol. The molecule has 5 atom stereocenters. The fourth-order valence-electron chi connectivity index (χ4n) is 5.44. The number of nitrogens with one attached hydrogen (secondary N) is 1. The maximum Gasteiger partial charge on any atom is 0.330 e. The summed E-state index contributed by atoms with van der Waals surface area (Å²) in [5.74, 6) is 0.200. The molecule has 2 aromatic carbocycles. The van der Waals surface area contributed by atoms with Crippen LogP contribution in [0.1, 0.15) is 36.3 Å². The standard InChI is InChI=1S/C27H30N2O5/c1-18-13-27(17-32-15-20-9-5-3-6-10-20)23(33-16-21-11-7-4-8-12-21)22(18)25(34-27)29-14-19(2)24(30)28-26(29)31/h3-12,14,18,22-23,25H,13,15-17H2,1-2H3,(H,28,30,31)/t18-,22+,23+,25-,27+/m1/s1. The van der Waals surface area contributed by atoms with E-state index < -0.39 is 17.5 Å². The number of H-pyrrole nitrogens is 1. The van der Waals surface area contributed by atoms with E-state index in [9.17, 15) is 9.59 Å². The van der Waals surface area contributed by atoms with Crippen molar-refractivity contribution < 1.29 is 14.2 Å². The molecule has 1 N–H and O–H groups in total. The van der Waals surface area contributed by atoms with E-state index in [0.29, 0.717) is 25.4 Å². The average Bonchev–Trinajstić information content (AvgIpc) is 3.29. The number of aromatic nitrogens is 2. The molecule has 1 aliphatic heterocycles. The van der Waals surface area contributed by atoms with E-state index in [-0.39, 0.29) is 23.5 Å². The van der Waals surface area contributed by atoms with Crippen molar-refractivity contribution in [3.63, 3.8) is 0 Å². The third-order valence-corrected chi connectivity index (χ3v) is 7.03. The summed E-state index contributed by atoms with van der Waals surface area (Å²) < 4.78 is 20.8. The van der Waals surface area contributed by atoms with Crippen molar-refractivity contribution in [3.05, 3.63) is 104 Å². The van der Waals surface area contributed by atoms with Crippen LogP contribution in [0.4, 0.5) is 0 Å². The fourth-order valence-corrected chi connectivity index (χ4v) is 5.44. The van der Waals surface area contributed by atoms with Crippen LogP contribution in [0.2, 0.25) is 0 Å². The highest BCUT2D eigenvalue weighted by atomic mass is 16.6. The topological polar surface area (TPSA) is 82.6 Å². The van der Waals surface area contributed by atoms with E-state index in [4.69, 9.17) is 14.2 Å². The lowest BCUT2D eigenvalue weighted by atomic mass is 9.94. The molecule has 2 fully saturated rings. The highest BCUT2D eigenvalue weighted by molar-refractivity contribution is 5.16. The molecular formula is C27H30N2O5. The van der Waals surface area contributed by atoms with Crippen LogP contribution < -0.4 is 11.2 Å². The van der Waals surface area contributed by atoms with Crippen molar-refractivity contribution in [2.75, 3.05) is 6.61 Å². The molecule has 1 aromatic heterocycles. The highest BCUT2D eigenvalue weighted by Gasteiger charge is 2.64. The van der Waals surface area contributed by atoms with Crippen LogP contribution in [-0.4, -0.2) is 27.9 Å². The largest absolute Gasteiger partial charge is 0.374 e. The monoisotopic (exact) mass is 462 g/mol. The van der Waals surface area contributed by atoms with Crippen LogP contribution in [0.3, 0.4) is 0 Å². The van der Waals surface area contributed by atoms with E-state index in [1.54, 1.807) is 13.1 Å². The maximum absolute atomic E-state index is 12.7. The smallest absolute Gasteiger partial charge is 0.330 e. The van der Waals surface area contributed by atoms with Crippen molar-refractivity contribution in [2.45, 2.75) is 51.4 Å². The number of rotatable bonds is 8. The summed E-state index contributed by atoms with van der Waals surface area (Å²) >= 11 is 0. The van der Waals surface area contributed by atoms with Gasteiger partial charge < -0.3 is 14.2 Å². The molecule has 1 aliphatic carbocycles. The number of ether oxygens (including phenoxy) is 3. The molecule has 7 nitrogen and oxygen atoms in total. The first-order valence-corrected chi connectivity index (χ1v) is 11.7. The zero-order valence-electron chi connectivity index (χ0n) is 19.5. The van der Waals surface area contributed by atoms with E-state index in [0.717, 1.165) is 17.5 Å². The van der Waals surface area contributed by atoms with Gasteiger partial charge in [0.2, 0.25) is 0 Å². The lowest BCUT2D eigenvalue weighted by Gasteiger charge is -2.34. The summed E-state index contributed by atoms with van der Waals surface area (Å²) in [4.78, 5) is 27.1. The molecule has 178 valence electrons. The number of aromatic amines is 1. The van der Waals surface area contributed by atoms with E-state index >= 15 is 0 Å². The minimum absolute atomic E-state index is 0.0490. The van der Waals surface area contributed by atoms with E-state index in [1.807, 2.05) is 60.7 Å². The Kier molecular flexibility index (Phi) is 6.25. The second kappa shape index (κ2) is 9.33. The Bertz CT molecular complexity index is 1240. The zero-order valence-corrected chi connectivity index (χ0v) is 19.5. The first-order chi connectivity index (χ1) is 16.5. The fraction of sp³-hybridized carbons (Fsp3) is 0.407.